The van der Waals surface area contributed by atoms with Crippen LogP contribution in [-0.2, 0) is 10.1 Å². The number of ketones is 1. The Bertz CT molecular complexity index is 904. The fourth-order valence-electron chi connectivity index (χ4n) is 2.63. The van der Waals surface area contributed by atoms with Crippen LogP contribution in [0.25, 0.3) is 10.8 Å². The zero-order valence-corrected chi connectivity index (χ0v) is 13.9. The third-order valence-corrected chi connectivity index (χ3v) is 4.65. The molecule has 8 heteroatoms. The quantitative estimate of drug-likeness (QED) is 0.267. The second-order valence-corrected chi connectivity index (χ2v) is 6.79. The lowest BCUT2D eigenvalue weighted by molar-refractivity contribution is -0.387. The summed E-state index contributed by atoms with van der Waals surface area (Å²) in [6, 6.07) is 7.33. The topological polar surface area (TPSA) is 115 Å². The van der Waals surface area contributed by atoms with Gasteiger partial charge in [0.25, 0.3) is 0 Å². The van der Waals surface area contributed by atoms with E-state index in [1.165, 1.54) is 24.3 Å². The molecule has 0 atom stereocenters. The monoisotopic (exact) mass is 351 g/mol. The van der Waals surface area contributed by atoms with E-state index in [0.29, 0.717) is 11.8 Å². The lowest BCUT2D eigenvalue weighted by Gasteiger charge is -2.09. The number of rotatable bonds is 7. The largest absolute Gasteiger partial charge is 0.302 e. The molecule has 0 saturated carbocycles. The molecule has 0 aromatic heterocycles. The van der Waals surface area contributed by atoms with Crippen LogP contribution in [0.15, 0.2) is 35.2 Å². The Morgan fingerprint density at radius 2 is 1.92 bits per heavy atom. The van der Waals surface area contributed by atoms with Gasteiger partial charge >= 0.3 is 15.8 Å². The van der Waals surface area contributed by atoms with Gasteiger partial charge in [0.05, 0.1) is 10.5 Å². The first-order chi connectivity index (χ1) is 11.3. The highest BCUT2D eigenvalue weighted by Gasteiger charge is 2.33. The van der Waals surface area contributed by atoms with Crippen LogP contribution < -0.4 is 0 Å². The molecule has 7 nitrogen and oxygen atoms in total. The molecule has 0 spiro atoms. The highest BCUT2D eigenvalue weighted by atomic mass is 32.2. The number of nitro benzene ring substituents is 1. The molecule has 2 aromatic rings. The first-order valence-corrected chi connectivity index (χ1v) is 8.92. The molecule has 0 fully saturated rings. The van der Waals surface area contributed by atoms with Crippen LogP contribution in [0.1, 0.15) is 43.0 Å². The summed E-state index contributed by atoms with van der Waals surface area (Å²) in [6.45, 7) is 1.96. The molecule has 0 amide bonds. The lowest BCUT2D eigenvalue weighted by Crippen LogP contribution is -2.11. The highest BCUT2D eigenvalue weighted by molar-refractivity contribution is 7.86. The van der Waals surface area contributed by atoms with Gasteiger partial charge in [-0.3, -0.25) is 19.5 Å². The van der Waals surface area contributed by atoms with Crippen molar-refractivity contribution in [3.63, 3.8) is 0 Å². The van der Waals surface area contributed by atoms with Crippen molar-refractivity contribution in [2.45, 2.75) is 37.5 Å². The Labute approximate surface area is 139 Å². The van der Waals surface area contributed by atoms with Crippen molar-refractivity contribution in [1.82, 2.24) is 0 Å². The highest BCUT2D eigenvalue weighted by Crippen LogP contribution is 2.36. The summed E-state index contributed by atoms with van der Waals surface area (Å²) in [4.78, 5) is 22.1. The van der Waals surface area contributed by atoms with Gasteiger partial charge in [0.15, 0.2) is 10.7 Å². The fraction of sp³-hybridized carbons (Fsp3) is 0.312. The van der Waals surface area contributed by atoms with Crippen LogP contribution in [0, 0.1) is 10.1 Å². The zero-order valence-electron chi connectivity index (χ0n) is 13.1. The number of fused-ring (bicyclic) bond motifs is 1. The van der Waals surface area contributed by atoms with E-state index in [4.69, 9.17) is 0 Å². The maximum Gasteiger partial charge on any atom is 0.302 e. The molecule has 0 saturated heterocycles. The number of carbonyl (C=O) groups is 1. The predicted octanol–water partition coefficient (Wildman–Crippen LogP) is 3.76. The number of unbranched alkanes of at least 4 members (excludes halogenated alkanes) is 2. The molecule has 0 heterocycles. The SMILES string of the molecule is CCCCCC(=O)c1cc2ccccc2c(S(=O)(=O)O)c1[N+](=O)[O-]. The van der Waals surface area contributed by atoms with Crippen molar-refractivity contribution in [3.05, 3.63) is 46.0 Å². The van der Waals surface area contributed by atoms with Crippen molar-refractivity contribution in [1.29, 1.82) is 0 Å². The molecular formula is C16H17NO6S. The maximum atomic E-state index is 12.4. The van der Waals surface area contributed by atoms with Crippen LogP contribution in [0.3, 0.4) is 0 Å². The van der Waals surface area contributed by atoms with E-state index < -0.39 is 31.4 Å². The molecule has 0 unspecified atom stereocenters. The van der Waals surface area contributed by atoms with Gasteiger partial charge in [-0.15, -0.1) is 0 Å². The average Bonchev–Trinajstić information content (AvgIpc) is 2.52. The summed E-state index contributed by atoms with van der Waals surface area (Å²) in [6.07, 6.45) is 2.31. The molecule has 1 N–H and O–H groups in total. The van der Waals surface area contributed by atoms with Crippen LogP contribution in [0.2, 0.25) is 0 Å². The van der Waals surface area contributed by atoms with Crippen molar-refractivity contribution in [2.24, 2.45) is 0 Å². The minimum absolute atomic E-state index is 0.0109. The first kappa shape index (κ1) is 18.0. The van der Waals surface area contributed by atoms with Crippen LogP contribution in [-0.4, -0.2) is 23.7 Å². The number of benzene rings is 2. The Kier molecular flexibility index (Phi) is 5.30. The number of nitro groups is 1. The number of nitrogens with zero attached hydrogens (tertiary/aromatic N) is 1. The van der Waals surface area contributed by atoms with Gasteiger partial charge in [-0.1, -0.05) is 44.0 Å². The van der Waals surface area contributed by atoms with Gasteiger partial charge in [0, 0.05) is 11.8 Å². The summed E-state index contributed by atoms with van der Waals surface area (Å²) >= 11 is 0. The summed E-state index contributed by atoms with van der Waals surface area (Å²) in [5.74, 6) is -0.509. The second-order valence-electron chi connectivity index (χ2n) is 5.44. The summed E-state index contributed by atoms with van der Waals surface area (Å²) in [5, 5.41) is 11.8. The van der Waals surface area contributed by atoms with Gasteiger partial charge in [-0.25, -0.2) is 0 Å². The first-order valence-electron chi connectivity index (χ1n) is 7.48. The predicted molar refractivity (Wildman–Crippen MR) is 88.9 cm³/mol. The van der Waals surface area contributed by atoms with Crippen LogP contribution in [0.5, 0.6) is 0 Å². The van der Waals surface area contributed by atoms with E-state index in [1.807, 2.05) is 6.92 Å². The molecule has 0 aliphatic heterocycles. The molecule has 2 rings (SSSR count). The van der Waals surface area contributed by atoms with Gasteiger partial charge in [0.1, 0.15) is 0 Å². The lowest BCUT2D eigenvalue weighted by atomic mass is 9.99. The van der Waals surface area contributed by atoms with E-state index in [2.05, 4.69) is 0 Å². The Morgan fingerprint density at radius 1 is 1.25 bits per heavy atom. The van der Waals surface area contributed by atoms with Crippen LogP contribution in [0.4, 0.5) is 5.69 Å². The Balaban J connectivity index is 2.78. The van der Waals surface area contributed by atoms with Gasteiger partial charge in [-0.2, -0.15) is 8.42 Å². The average molecular weight is 351 g/mol. The molecule has 128 valence electrons. The minimum Gasteiger partial charge on any atom is -0.294 e. The minimum atomic E-state index is -4.88. The van der Waals surface area contributed by atoms with E-state index in [1.54, 1.807) is 6.07 Å². The number of hydrogen-bond acceptors (Lipinski definition) is 5. The van der Waals surface area contributed by atoms with Crippen molar-refractivity contribution in [2.75, 3.05) is 0 Å². The van der Waals surface area contributed by atoms with Crippen molar-refractivity contribution >= 4 is 32.4 Å². The summed E-state index contributed by atoms with van der Waals surface area (Å²) in [5.41, 5.74) is -1.15. The number of Topliss-reactive ketones (excluding diaryl/α,β-unsaturated/α-hetero) is 1. The molecule has 0 aliphatic rings. The number of carbonyl (C=O) groups excluding carboxylic acids is 1. The normalized spacial score (nSPS) is 11.6. The van der Waals surface area contributed by atoms with Crippen molar-refractivity contribution in [3.8, 4) is 0 Å². The second kappa shape index (κ2) is 7.06. The third kappa shape index (κ3) is 3.60. The molecule has 2 aromatic carbocycles. The summed E-state index contributed by atoms with van der Waals surface area (Å²) < 4.78 is 33.0. The van der Waals surface area contributed by atoms with E-state index in [0.717, 1.165) is 12.8 Å². The van der Waals surface area contributed by atoms with Gasteiger partial charge in [-0.05, 0) is 17.9 Å². The molecule has 24 heavy (non-hydrogen) atoms. The third-order valence-electron chi connectivity index (χ3n) is 3.72. The van der Waals surface area contributed by atoms with Crippen LogP contribution >= 0.6 is 0 Å². The summed E-state index contributed by atoms with van der Waals surface area (Å²) in [7, 11) is -4.88. The molecule has 0 radical (unpaired) electrons. The maximum absolute atomic E-state index is 12.4. The number of hydrogen-bond donors (Lipinski definition) is 1. The standard InChI is InChI=1S/C16H17NO6S/c1-2-3-4-9-14(18)13-10-11-7-5-6-8-12(11)16(24(21,22)23)15(13)17(19)20/h5-8,10H,2-4,9H2,1H3,(H,21,22,23). The van der Waals surface area contributed by atoms with Gasteiger partial charge < -0.3 is 0 Å². The Morgan fingerprint density at radius 3 is 2.50 bits per heavy atom. The van der Waals surface area contributed by atoms with E-state index in [9.17, 15) is 27.9 Å². The van der Waals surface area contributed by atoms with Gasteiger partial charge in [0.2, 0.25) is 0 Å². The molecular weight excluding hydrogens is 334 g/mol. The zero-order chi connectivity index (χ0) is 17.9. The fourth-order valence-corrected chi connectivity index (χ4v) is 3.52. The van der Waals surface area contributed by atoms with Crippen molar-refractivity contribution < 1.29 is 22.7 Å². The van der Waals surface area contributed by atoms with E-state index in [-0.39, 0.29) is 17.4 Å². The smallest absolute Gasteiger partial charge is 0.294 e. The Hall–Kier alpha value is -2.32. The van der Waals surface area contributed by atoms with E-state index >= 15 is 0 Å². The molecule has 0 aliphatic carbocycles. The molecule has 0 bridgehead atoms.